The Kier molecular flexibility index (Phi) is 7.57. The second kappa shape index (κ2) is 9.17. The van der Waals surface area contributed by atoms with Gasteiger partial charge in [0.15, 0.2) is 0 Å². The van der Waals surface area contributed by atoms with Crippen molar-refractivity contribution < 1.29 is 14.4 Å². The molecule has 0 fully saturated rings. The summed E-state index contributed by atoms with van der Waals surface area (Å²) in [6.45, 7) is 7.44. The van der Waals surface area contributed by atoms with Crippen LogP contribution in [0.1, 0.15) is 33.3 Å². The summed E-state index contributed by atoms with van der Waals surface area (Å²) in [6, 6.07) is 7.74. The van der Waals surface area contributed by atoms with Gasteiger partial charge in [-0.1, -0.05) is 30.3 Å². The quantitative estimate of drug-likeness (QED) is 0.533. The molecule has 0 aliphatic carbocycles. The molecule has 0 aromatic heterocycles. The molecule has 5 N–H and O–H groups in total. The van der Waals surface area contributed by atoms with Crippen molar-refractivity contribution in [1.29, 1.82) is 0 Å². The molecule has 0 heterocycles. The van der Waals surface area contributed by atoms with Gasteiger partial charge in [-0.15, -0.1) is 0 Å². The lowest BCUT2D eigenvalue weighted by atomic mass is 10.0. The highest BCUT2D eigenvalue weighted by Gasteiger charge is 2.24. The Morgan fingerprint density at radius 1 is 1.08 bits per heavy atom. The zero-order valence-electron chi connectivity index (χ0n) is 15.3. The van der Waals surface area contributed by atoms with E-state index >= 15 is 0 Å². The molecular weight excluding hydrogens is 320 g/mol. The maximum absolute atomic E-state index is 12.4. The predicted octanol–water partition coefficient (Wildman–Crippen LogP) is 0.0920. The molecule has 1 aromatic rings. The Labute approximate surface area is 148 Å². The first kappa shape index (κ1) is 20.6. The molecule has 0 radical (unpaired) electrons. The summed E-state index contributed by atoms with van der Waals surface area (Å²) in [4.78, 5) is 35.8. The molecule has 0 saturated heterocycles. The average molecular weight is 348 g/mol. The second-order valence-corrected chi connectivity index (χ2v) is 7.05. The van der Waals surface area contributed by atoms with Gasteiger partial charge in [0.05, 0.1) is 6.54 Å². The molecule has 25 heavy (non-hydrogen) atoms. The van der Waals surface area contributed by atoms with E-state index < -0.39 is 23.9 Å². The third kappa shape index (κ3) is 8.30. The molecule has 1 rings (SSSR count). The van der Waals surface area contributed by atoms with Gasteiger partial charge < -0.3 is 21.7 Å². The SMILES string of the molecule is CC(NC(=O)C(Cc1ccccc1)NC(=O)CNC(C)(C)C)C(N)=O. The number of benzene rings is 1. The van der Waals surface area contributed by atoms with Crippen molar-refractivity contribution in [2.45, 2.75) is 51.7 Å². The van der Waals surface area contributed by atoms with Gasteiger partial charge in [0.1, 0.15) is 12.1 Å². The van der Waals surface area contributed by atoms with Crippen LogP contribution in [0.15, 0.2) is 30.3 Å². The predicted molar refractivity (Wildman–Crippen MR) is 96.6 cm³/mol. The Morgan fingerprint density at radius 3 is 2.20 bits per heavy atom. The normalized spacial score (nSPS) is 13.6. The maximum Gasteiger partial charge on any atom is 0.243 e. The van der Waals surface area contributed by atoms with Crippen molar-refractivity contribution >= 4 is 17.7 Å². The summed E-state index contributed by atoms with van der Waals surface area (Å²) in [5, 5.41) is 8.32. The standard InChI is InChI=1S/C18H28N4O3/c1-12(16(19)24)21-17(25)14(10-13-8-6-5-7-9-13)22-15(23)11-20-18(2,3)4/h5-9,12,14,20H,10-11H2,1-4H3,(H2,19,24)(H,21,25)(H,22,23). The van der Waals surface area contributed by atoms with E-state index in [9.17, 15) is 14.4 Å². The van der Waals surface area contributed by atoms with Crippen molar-refractivity contribution in [2.24, 2.45) is 5.73 Å². The molecule has 0 aliphatic heterocycles. The smallest absolute Gasteiger partial charge is 0.243 e. The minimum atomic E-state index is -0.810. The molecule has 3 amide bonds. The number of nitrogens with one attached hydrogen (secondary N) is 3. The Bertz CT molecular complexity index is 596. The Morgan fingerprint density at radius 2 is 1.68 bits per heavy atom. The highest BCUT2D eigenvalue weighted by atomic mass is 16.2. The van der Waals surface area contributed by atoms with E-state index in [2.05, 4.69) is 16.0 Å². The molecule has 2 atom stereocenters. The van der Waals surface area contributed by atoms with Gasteiger partial charge >= 0.3 is 0 Å². The van der Waals surface area contributed by atoms with Crippen LogP contribution in [0.25, 0.3) is 0 Å². The fourth-order valence-corrected chi connectivity index (χ4v) is 2.03. The van der Waals surface area contributed by atoms with Crippen molar-refractivity contribution in [1.82, 2.24) is 16.0 Å². The van der Waals surface area contributed by atoms with E-state index in [4.69, 9.17) is 5.73 Å². The Balaban J connectivity index is 2.78. The van der Waals surface area contributed by atoms with E-state index in [0.29, 0.717) is 6.42 Å². The Hall–Kier alpha value is -2.41. The molecule has 138 valence electrons. The number of hydrogen-bond acceptors (Lipinski definition) is 4. The van der Waals surface area contributed by atoms with Crippen LogP contribution in [-0.2, 0) is 20.8 Å². The molecule has 0 saturated carbocycles. The lowest BCUT2D eigenvalue weighted by Crippen LogP contribution is -2.54. The van der Waals surface area contributed by atoms with Crippen molar-refractivity contribution in [3.63, 3.8) is 0 Å². The van der Waals surface area contributed by atoms with E-state index in [-0.39, 0.29) is 18.0 Å². The highest BCUT2D eigenvalue weighted by Crippen LogP contribution is 2.04. The van der Waals surface area contributed by atoms with E-state index in [1.54, 1.807) is 0 Å². The van der Waals surface area contributed by atoms with Gasteiger partial charge in [-0.2, -0.15) is 0 Å². The number of nitrogens with two attached hydrogens (primary N) is 1. The first-order valence-corrected chi connectivity index (χ1v) is 8.26. The molecular formula is C18H28N4O3. The monoisotopic (exact) mass is 348 g/mol. The average Bonchev–Trinajstić information content (AvgIpc) is 2.52. The number of rotatable bonds is 8. The number of hydrogen-bond donors (Lipinski definition) is 4. The van der Waals surface area contributed by atoms with Crippen LogP contribution < -0.4 is 21.7 Å². The van der Waals surface area contributed by atoms with Gasteiger partial charge in [-0.05, 0) is 33.3 Å². The molecule has 0 aliphatic rings. The van der Waals surface area contributed by atoms with Crippen molar-refractivity contribution in [2.75, 3.05) is 6.54 Å². The molecule has 1 aromatic carbocycles. The fraction of sp³-hybridized carbons (Fsp3) is 0.500. The van der Waals surface area contributed by atoms with Crippen LogP contribution in [0, 0.1) is 0 Å². The van der Waals surface area contributed by atoms with E-state index in [1.807, 2.05) is 51.1 Å². The van der Waals surface area contributed by atoms with E-state index in [0.717, 1.165) is 5.56 Å². The number of primary amides is 1. The lowest BCUT2D eigenvalue weighted by Gasteiger charge is -2.23. The van der Waals surface area contributed by atoms with Crippen LogP contribution in [0.5, 0.6) is 0 Å². The first-order chi connectivity index (χ1) is 11.6. The van der Waals surface area contributed by atoms with Crippen LogP contribution in [0.2, 0.25) is 0 Å². The van der Waals surface area contributed by atoms with Crippen LogP contribution in [-0.4, -0.2) is 41.9 Å². The van der Waals surface area contributed by atoms with Crippen LogP contribution in [0.3, 0.4) is 0 Å². The summed E-state index contributed by atoms with van der Waals surface area (Å²) < 4.78 is 0. The summed E-state index contributed by atoms with van der Waals surface area (Å²) in [5.41, 5.74) is 5.87. The van der Waals surface area contributed by atoms with Gasteiger partial charge in [0, 0.05) is 12.0 Å². The van der Waals surface area contributed by atoms with Gasteiger partial charge in [0.2, 0.25) is 17.7 Å². The molecule has 2 unspecified atom stereocenters. The van der Waals surface area contributed by atoms with Gasteiger partial charge in [0.25, 0.3) is 0 Å². The zero-order chi connectivity index (χ0) is 19.0. The first-order valence-electron chi connectivity index (χ1n) is 8.26. The molecule has 0 bridgehead atoms. The molecule has 7 heteroatoms. The molecule has 0 spiro atoms. The number of carbonyl (C=O) groups excluding carboxylic acids is 3. The third-order valence-electron chi connectivity index (χ3n) is 3.50. The minimum absolute atomic E-state index is 0.0907. The summed E-state index contributed by atoms with van der Waals surface area (Å²) in [7, 11) is 0. The van der Waals surface area contributed by atoms with Crippen LogP contribution in [0.4, 0.5) is 0 Å². The summed E-state index contributed by atoms with van der Waals surface area (Å²) in [5.74, 6) is -1.37. The fourth-order valence-electron chi connectivity index (χ4n) is 2.03. The topological polar surface area (TPSA) is 113 Å². The molecule has 7 nitrogen and oxygen atoms in total. The number of carbonyl (C=O) groups is 3. The maximum atomic E-state index is 12.4. The largest absolute Gasteiger partial charge is 0.368 e. The number of amides is 3. The minimum Gasteiger partial charge on any atom is -0.368 e. The van der Waals surface area contributed by atoms with Gasteiger partial charge in [-0.3, -0.25) is 14.4 Å². The van der Waals surface area contributed by atoms with Crippen molar-refractivity contribution in [3.05, 3.63) is 35.9 Å². The summed E-state index contributed by atoms with van der Waals surface area (Å²) >= 11 is 0. The third-order valence-corrected chi connectivity index (χ3v) is 3.50. The van der Waals surface area contributed by atoms with Gasteiger partial charge in [-0.25, -0.2) is 0 Å². The zero-order valence-corrected chi connectivity index (χ0v) is 15.3. The highest BCUT2D eigenvalue weighted by molar-refractivity contribution is 5.91. The van der Waals surface area contributed by atoms with Crippen LogP contribution >= 0.6 is 0 Å². The van der Waals surface area contributed by atoms with E-state index in [1.165, 1.54) is 6.92 Å². The second-order valence-electron chi connectivity index (χ2n) is 7.05. The summed E-state index contributed by atoms with van der Waals surface area (Å²) in [6.07, 6.45) is 0.319. The van der Waals surface area contributed by atoms with Crippen molar-refractivity contribution in [3.8, 4) is 0 Å². The lowest BCUT2D eigenvalue weighted by molar-refractivity contribution is -0.130.